The summed E-state index contributed by atoms with van der Waals surface area (Å²) < 4.78 is 13.1. The lowest BCUT2D eigenvalue weighted by atomic mass is 9.85. The van der Waals surface area contributed by atoms with Crippen LogP contribution in [0.4, 0.5) is 10.1 Å². The molecule has 1 aromatic rings. The first-order valence-electron chi connectivity index (χ1n) is 8.45. The van der Waals surface area contributed by atoms with Crippen LogP contribution in [0.15, 0.2) is 24.3 Å². The number of rotatable bonds is 7. The predicted octanol–water partition coefficient (Wildman–Crippen LogP) is 3.96. The Kier molecular flexibility index (Phi) is 4.48. The summed E-state index contributed by atoms with van der Waals surface area (Å²) in [6.45, 7) is 5.42. The molecule has 0 spiro atoms. The summed E-state index contributed by atoms with van der Waals surface area (Å²) in [6, 6.07) is 7.75. The van der Waals surface area contributed by atoms with Gasteiger partial charge in [-0.15, -0.1) is 0 Å². The largest absolute Gasteiger partial charge is 0.371 e. The van der Waals surface area contributed by atoms with Crippen molar-refractivity contribution in [1.29, 1.82) is 0 Å². The van der Waals surface area contributed by atoms with Gasteiger partial charge in [0.1, 0.15) is 5.82 Å². The molecule has 0 aliphatic heterocycles. The van der Waals surface area contributed by atoms with Gasteiger partial charge in [-0.1, -0.05) is 12.8 Å². The highest BCUT2D eigenvalue weighted by Gasteiger charge is 2.36. The summed E-state index contributed by atoms with van der Waals surface area (Å²) in [4.78, 5) is 2.42. The Bertz CT molecular complexity index is 447. The normalized spacial score (nSPS) is 20.7. The first kappa shape index (κ1) is 14.8. The van der Waals surface area contributed by atoms with Crippen molar-refractivity contribution in [1.82, 2.24) is 5.32 Å². The lowest BCUT2D eigenvalue weighted by molar-refractivity contribution is 0.282. The second kappa shape index (κ2) is 6.35. The molecule has 0 amide bonds. The van der Waals surface area contributed by atoms with Gasteiger partial charge in [0.05, 0.1) is 0 Å². The molecule has 0 unspecified atom stereocenters. The lowest BCUT2D eigenvalue weighted by Crippen LogP contribution is -2.43. The Balaban J connectivity index is 1.68. The summed E-state index contributed by atoms with van der Waals surface area (Å²) in [7, 11) is 0. The summed E-state index contributed by atoms with van der Waals surface area (Å²) in [5.41, 5.74) is 1.56. The molecule has 2 fully saturated rings. The zero-order valence-corrected chi connectivity index (χ0v) is 13.1. The molecule has 0 atom stereocenters. The Morgan fingerprint density at radius 2 is 1.86 bits per heavy atom. The minimum absolute atomic E-state index is 0.152. The third kappa shape index (κ3) is 3.76. The summed E-state index contributed by atoms with van der Waals surface area (Å²) in [5.74, 6) is -0.152. The van der Waals surface area contributed by atoms with Crippen molar-refractivity contribution in [3.05, 3.63) is 30.1 Å². The van der Waals surface area contributed by atoms with E-state index in [1.165, 1.54) is 38.5 Å². The fraction of sp³-hybridized carbons (Fsp3) is 0.667. The quantitative estimate of drug-likeness (QED) is 0.817. The first-order chi connectivity index (χ1) is 10.2. The van der Waals surface area contributed by atoms with Crippen LogP contribution >= 0.6 is 0 Å². The van der Waals surface area contributed by atoms with Gasteiger partial charge in [-0.2, -0.15) is 0 Å². The minimum Gasteiger partial charge on any atom is -0.371 e. The number of hydrogen-bond donors (Lipinski definition) is 1. The van der Waals surface area contributed by atoms with E-state index < -0.39 is 0 Å². The van der Waals surface area contributed by atoms with Crippen molar-refractivity contribution >= 4 is 5.69 Å². The Labute approximate surface area is 127 Å². The molecule has 0 bridgehead atoms. The standard InChI is InChI=1S/C18H27FN2/c1-2-21(17-9-5-15(19)6-10-17)14-18(11-3-4-12-18)13-20-16-7-8-16/h5-6,9-10,16,20H,2-4,7-8,11-14H2,1H3. The van der Waals surface area contributed by atoms with Crippen LogP contribution in [0.2, 0.25) is 0 Å². The molecule has 3 rings (SSSR count). The molecule has 0 heterocycles. The summed E-state index contributed by atoms with van der Waals surface area (Å²) >= 11 is 0. The average Bonchev–Trinajstić information content (AvgIpc) is 3.23. The third-order valence-electron chi connectivity index (χ3n) is 5.11. The van der Waals surface area contributed by atoms with Gasteiger partial charge in [-0.25, -0.2) is 4.39 Å². The number of nitrogens with one attached hydrogen (secondary N) is 1. The van der Waals surface area contributed by atoms with Crippen LogP contribution in [0.3, 0.4) is 0 Å². The number of halogens is 1. The molecule has 0 aromatic heterocycles. The highest BCUT2D eigenvalue weighted by atomic mass is 19.1. The molecule has 3 heteroatoms. The van der Waals surface area contributed by atoms with Crippen LogP contribution in [0.1, 0.15) is 45.4 Å². The van der Waals surface area contributed by atoms with Gasteiger partial charge < -0.3 is 10.2 Å². The van der Waals surface area contributed by atoms with Crippen molar-refractivity contribution in [2.45, 2.75) is 51.5 Å². The van der Waals surface area contributed by atoms with E-state index in [1.807, 2.05) is 12.1 Å². The molecule has 116 valence electrons. The monoisotopic (exact) mass is 290 g/mol. The minimum atomic E-state index is -0.152. The zero-order valence-electron chi connectivity index (χ0n) is 13.1. The molecule has 2 aliphatic carbocycles. The van der Waals surface area contributed by atoms with Gasteiger partial charge >= 0.3 is 0 Å². The van der Waals surface area contributed by atoms with Crippen LogP contribution in [0.5, 0.6) is 0 Å². The maximum atomic E-state index is 13.1. The molecule has 2 saturated carbocycles. The van der Waals surface area contributed by atoms with E-state index in [2.05, 4.69) is 17.1 Å². The van der Waals surface area contributed by atoms with Crippen LogP contribution in [-0.2, 0) is 0 Å². The molecule has 0 saturated heterocycles. The van der Waals surface area contributed by atoms with E-state index in [4.69, 9.17) is 0 Å². The SMILES string of the molecule is CCN(CC1(CNC2CC2)CCCC1)c1ccc(F)cc1. The maximum absolute atomic E-state index is 13.1. The van der Waals surface area contributed by atoms with Crippen LogP contribution in [-0.4, -0.2) is 25.7 Å². The number of nitrogens with zero attached hydrogens (tertiary/aromatic N) is 1. The van der Waals surface area contributed by atoms with Gasteiger partial charge in [0.15, 0.2) is 0 Å². The van der Waals surface area contributed by atoms with E-state index in [9.17, 15) is 4.39 Å². The number of anilines is 1. The van der Waals surface area contributed by atoms with Crippen LogP contribution < -0.4 is 10.2 Å². The third-order valence-corrected chi connectivity index (χ3v) is 5.11. The highest BCUT2D eigenvalue weighted by molar-refractivity contribution is 5.46. The molecule has 0 radical (unpaired) electrons. The summed E-state index contributed by atoms with van der Waals surface area (Å²) in [5, 5.41) is 3.74. The molecule has 2 nitrogen and oxygen atoms in total. The fourth-order valence-corrected chi connectivity index (χ4v) is 3.61. The smallest absolute Gasteiger partial charge is 0.123 e. The average molecular weight is 290 g/mol. The second-order valence-corrected chi connectivity index (χ2v) is 6.85. The molecular weight excluding hydrogens is 263 g/mol. The Hall–Kier alpha value is -1.09. The first-order valence-corrected chi connectivity index (χ1v) is 8.45. The van der Waals surface area contributed by atoms with Crippen molar-refractivity contribution in [3.63, 3.8) is 0 Å². The lowest BCUT2D eigenvalue weighted by Gasteiger charge is -2.36. The van der Waals surface area contributed by atoms with E-state index in [-0.39, 0.29) is 5.82 Å². The Morgan fingerprint density at radius 3 is 2.43 bits per heavy atom. The van der Waals surface area contributed by atoms with E-state index in [0.29, 0.717) is 5.41 Å². The molecule has 2 aliphatic rings. The molecule has 1 aromatic carbocycles. The van der Waals surface area contributed by atoms with Crippen molar-refractivity contribution in [2.75, 3.05) is 24.5 Å². The van der Waals surface area contributed by atoms with Gasteiger partial charge in [0.2, 0.25) is 0 Å². The van der Waals surface area contributed by atoms with Crippen LogP contribution in [0.25, 0.3) is 0 Å². The van der Waals surface area contributed by atoms with Crippen LogP contribution in [0, 0.1) is 11.2 Å². The molecule has 21 heavy (non-hydrogen) atoms. The van der Waals surface area contributed by atoms with Crippen molar-refractivity contribution < 1.29 is 4.39 Å². The van der Waals surface area contributed by atoms with E-state index in [0.717, 1.165) is 31.4 Å². The van der Waals surface area contributed by atoms with Gasteiger partial charge in [-0.05, 0) is 56.9 Å². The van der Waals surface area contributed by atoms with E-state index in [1.54, 1.807) is 12.1 Å². The molecule has 1 N–H and O–H groups in total. The van der Waals surface area contributed by atoms with Crippen molar-refractivity contribution in [3.8, 4) is 0 Å². The fourth-order valence-electron chi connectivity index (χ4n) is 3.61. The molecular formula is C18H27FN2. The van der Waals surface area contributed by atoms with E-state index >= 15 is 0 Å². The van der Waals surface area contributed by atoms with Gasteiger partial charge in [0.25, 0.3) is 0 Å². The Morgan fingerprint density at radius 1 is 1.19 bits per heavy atom. The maximum Gasteiger partial charge on any atom is 0.123 e. The van der Waals surface area contributed by atoms with Gasteiger partial charge in [-0.3, -0.25) is 0 Å². The highest BCUT2D eigenvalue weighted by Crippen LogP contribution is 2.40. The predicted molar refractivity (Wildman–Crippen MR) is 86.2 cm³/mol. The topological polar surface area (TPSA) is 15.3 Å². The number of hydrogen-bond acceptors (Lipinski definition) is 2. The summed E-state index contributed by atoms with van der Waals surface area (Å²) in [6.07, 6.45) is 8.06. The van der Waals surface area contributed by atoms with Crippen molar-refractivity contribution in [2.24, 2.45) is 5.41 Å². The second-order valence-electron chi connectivity index (χ2n) is 6.85. The number of benzene rings is 1. The zero-order chi connectivity index (χ0) is 14.7. The van der Waals surface area contributed by atoms with Gasteiger partial charge in [0, 0.05) is 36.8 Å².